The first kappa shape index (κ1) is 21.6. The number of hydrogen-bond acceptors (Lipinski definition) is 6. The zero-order valence-corrected chi connectivity index (χ0v) is 17.4. The molecule has 1 aliphatic rings. The van der Waals surface area contributed by atoms with Gasteiger partial charge in [0.15, 0.2) is 0 Å². The summed E-state index contributed by atoms with van der Waals surface area (Å²) in [6, 6.07) is 10.1. The molecule has 4 nitrogen and oxygen atoms in total. The van der Waals surface area contributed by atoms with E-state index in [9.17, 15) is 9.90 Å². The van der Waals surface area contributed by atoms with E-state index in [2.05, 4.69) is 6.92 Å². The van der Waals surface area contributed by atoms with Crippen LogP contribution in [-0.2, 0) is 20.9 Å². The van der Waals surface area contributed by atoms with E-state index >= 15 is 0 Å². The lowest BCUT2D eigenvalue weighted by Gasteiger charge is -2.37. The lowest BCUT2D eigenvalue weighted by Crippen LogP contribution is -2.40. The Hall–Kier alpha value is -0.690. The van der Waals surface area contributed by atoms with E-state index in [4.69, 9.17) is 9.47 Å². The standard InChI is InChI=1S/C20H30O4S2/c1-14(17(21)12-18(22)23-3)19(15(2)20-25-10-7-11-26-20)24-13-16-8-5-4-6-9-16/h4-6,8-9,14-15,17,19-21H,7,10-13H2,1-3H3/t14-,15+,17+,19+/m1/s1. The highest BCUT2D eigenvalue weighted by Gasteiger charge is 2.36. The number of aliphatic hydroxyl groups excluding tert-OH is 1. The molecule has 2 rings (SSSR count). The fourth-order valence-electron chi connectivity index (χ4n) is 3.17. The summed E-state index contributed by atoms with van der Waals surface area (Å²) in [5.74, 6) is 2.08. The molecule has 0 unspecified atom stereocenters. The Labute approximate surface area is 165 Å². The van der Waals surface area contributed by atoms with Gasteiger partial charge in [0.05, 0.1) is 36.9 Å². The van der Waals surface area contributed by atoms with Gasteiger partial charge in [-0.25, -0.2) is 0 Å². The molecule has 1 saturated heterocycles. The highest BCUT2D eigenvalue weighted by Crippen LogP contribution is 2.40. The monoisotopic (exact) mass is 398 g/mol. The lowest BCUT2D eigenvalue weighted by molar-refractivity contribution is -0.145. The molecule has 1 aromatic rings. The zero-order valence-electron chi connectivity index (χ0n) is 15.8. The van der Waals surface area contributed by atoms with Crippen LogP contribution in [0, 0.1) is 11.8 Å². The molecular weight excluding hydrogens is 368 g/mol. The number of carbonyl (C=O) groups excluding carboxylic acids is 1. The number of esters is 1. The summed E-state index contributed by atoms with van der Waals surface area (Å²) in [6.45, 7) is 4.68. The van der Waals surface area contributed by atoms with Crippen LogP contribution >= 0.6 is 23.5 Å². The third kappa shape index (κ3) is 6.48. The summed E-state index contributed by atoms with van der Waals surface area (Å²) < 4.78 is 11.5. The van der Waals surface area contributed by atoms with Crippen LogP contribution in [-0.4, -0.2) is 46.5 Å². The van der Waals surface area contributed by atoms with Crippen LogP contribution in [0.25, 0.3) is 0 Å². The Morgan fingerprint density at radius 1 is 1.23 bits per heavy atom. The van der Waals surface area contributed by atoms with E-state index < -0.39 is 6.10 Å². The van der Waals surface area contributed by atoms with Gasteiger partial charge in [0.25, 0.3) is 0 Å². The minimum Gasteiger partial charge on any atom is -0.469 e. The van der Waals surface area contributed by atoms with Gasteiger partial charge in [0.2, 0.25) is 0 Å². The largest absolute Gasteiger partial charge is 0.469 e. The zero-order chi connectivity index (χ0) is 18.9. The van der Waals surface area contributed by atoms with Gasteiger partial charge < -0.3 is 14.6 Å². The minimum atomic E-state index is -0.774. The van der Waals surface area contributed by atoms with Crippen molar-refractivity contribution in [3.63, 3.8) is 0 Å². The van der Waals surface area contributed by atoms with E-state index in [0.29, 0.717) is 11.2 Å². The molecule has 0 spiro atoms. The number of ether oxygens (including phenoxy) is 2. The Morgan fingerprint density at radius 2 is 1.88 bits per heavy atom. The summed E-state index contributed by atoms with van der Waals surface area (Å²) in [5.41, 5.74) is 1.11. The predicted octanol–water partition coefficient (Wildman–Crippen LogP) is 3.96. The van der Waals surface area contributed by atoms with Gasteiger partial charge in [-0.2, -0.15) is 0 Å². The number of carbonyl (C=O) groups is 1. The quantitative estimate of drug-likeness (QED) is 0.636. The van der Waals surface area contributed by atoms with Gasteiger partial charge in [-0.05, 0) is 23.5 Å². The number of benzene rings is 1. The number of aliphatic hydroxyl groups is 1. The summed E-state index contributed by atoms with van der Waals surface area (Å²) in [6.07, 6.45) is 0.344. The Bertz CT molecular complexity index is 534. The molecule has 26 heavy (non-hydrogen) atoms. The van der Waals surface area contributed by atoms with Crippen molar-refractivity contribution in [3.8, 4) is 0 Å². The molecular formula is C20H30O4S2. The van der Waals surface area contributed by atoms with Crippen molar-refractivity contribution < 1.29 is 19.4 Å². The maximum absolute atomic E-state index is 11.6. The predicted molar refractivity (Wildman–Crippen MR) is 109 cm³/mol. The molecule has 0 aromatic heterocycles. The third-order valence-corrected chi connectivity index (χ3v) is 8.20. The Morgan fingerprint density at radius 3 is 2.50 bits per heavy atom. The van der Waals surface area contributed by atoms with Crippen molar-refractivity contribution in [2.24, 2.45) is 11.8 Å². The smallest absolute Gasteiger partial charge is 0.308 e. The fourth-order valence-corrected chi connectivity index (χ4v) is 6.32. The first-order chi connectivity index (χ1) is 12.5. The third-order valence-electron chi connectivity index (χ3n) is 4.81. The van der Waals surface area contributed by atoms with Gasteiger partial charge in [0, 0.05) is 11.8 Å². The van der Waals surface area contributed by atoms with E-state index in [-0.39, 0.29) is 30.3 Å². The topological polar surface area (TPSA) is 55.8 Å². The number of thioether (sulfide) groups is 2. The number of hydrogen-bond donors (Lipinski definition) is 1. The molecule has 0 saturated carbocycles. The second-order valence-corrected chi connectivity index (χ2v) is 9.59. The molecule has 1 N–H and O–H groups in total. The molecule has 1 aliphatic heterocycles. The molecule has 1 heterocycles. The minimum absolute atomic E-state index is 0.000532. The average Bonchev–Trinajstić information content (AvgIpc) is 2.69. The molecule has 0 amide bonds. The van der Waals surface area contributed by atoms with E-state index in [1.165, 1.54) is 25.0 Å². The Balaban J connectivity index is 2.06. The first-order valence-corrected chi connectivity index (χ1v) is 11.3. The summed E-state index contributed by atoms with van der Waals surface area (Å²) in [5, 5.41) is 10.5. The van der Waals surface area contributed by atoms with Crippen molar-refractivity contribution in [1.29, 1.82) is 0 Å². The van der Waals surface area contributed by atoms with E-state index in [0.717, 1.165) is 5.56 Å². The van der Waals surface area contributed by atoms with E-state index in [1.54, 1.807) is 0 Å². The molecule has 146 valence electrons. The fraction of sp³-hybridized carbons (Fsp3) is 0.650. The number of rotatable bonds is 9. The molecule has 6 heteroatoms. The molecule has 1 aromatic carbocycles. The van der Waals surface area contributed by atoms with Crippen molar-refractivity contribution in [2.45, 2.75) is 50.1 Å². The van der Waals surface area contributed by atoms with Crippen LogP contribution in [0.2, 0.25) is 0 Å². The van der Waals surface area contributed by atoms with Crippen LogP contribution in [0.4, 0.5) is 0 Å². The number of methoxy groups -OCH3 is 1. The van der Waals surface area contributed by atoms with Crippen molar-refractivity contribution >= 4 is 29.5 Å². The average molecular weight is 399 g/mol. The highest BCUT2D eigenvalue weighted by molar-refractivity contribution is 8.17. The molecule has 0 bridgehead atoms. The van der Waals surface area contributed by atoms with Gasteiger partial charge >= 0.3 is 5.97 Å². The molecule has 4 atom stereocenters. The van der Waals surface area contributed by atoms with Crippen LogP contribution in [0.5, 0.6) is 0 Å². The molecule has 0 aliphatic carbocycles. The summed E-state index contributed by atoms with van der Waals surface area (Å²) in [7, 11) is 1.35. The second kappa shape index (κ2) is 11.2. The van der Waals surface area contributed by atoms with Crippen LogP contribution in [0.15, 0.2) is 30.3 Å². The maximum atomic E-state index is 11.6. The van der Waals surface area contributed by atoms with Gasteiger partial charge in [-0.3, -0.25) is 4.79 Å². The summed E-state index contributed by atoms with van der Waals surface area (Å²) in [4.78, 5) is 11.6. The summed E-state index contributed by atoms with van der Waals surface area (Å²) >= 11 is 3.96. The SMILES string of the molecule is COC(=O)C[C@H](O)[C@@H](C)[C@H](OCc1ccccc1)[C@H](C)C1SCCCS1. The first-order valence-electron chi connectivity index (χ1n) is 9.16. The van der Waals surface area contributed by atoms with Gasteiger partial charge in [-0.1, -0.05) is 44.2 Å². The van der Waals surface area contributed by atoms with Crippen molar-refractivity contribution in [3.05, 3.63) is 35.9 Å². The maximum Gasteiger partial charge on any atom is 0.308 e. The Kier molecular flexibility index (Phi) is 9.33. The normalized spacial score (nSPS) is 20.2. The van der Waals surface area contributed by atoms with Crippen LogP contribution in [0.3, 0.4) is 0 Å². The van der Waals surface area contributed by atoms with Crippen molar-refractivity contribution in [2.75, 3.05) is 18.6 Å². The van der Waals surface area contributed by atoms with Crippen LogP contribution in [0.1, 0.15) is 32.3 Å². The highest BCUT2D eigenvalue weighted by atomic mass is 32.2. The van der Waals surface area contributed by atoms with Gasteiger partial charge in [-0.15, -0.1) is 23.5 Å². The lowest BCUT2D eigenvalue weighted by atomic mass is 9.88. The van der Waals surface area contributed by atoms with Gasteiger partial charge in [0.1, 0.15) is 0 Å². The van der Waals surface area contributed by atoms with Crippen molar-refractivity contribution in [1.82, 2.24) is 0 Å². The van der Waals surface area contributed by atoms with Crippen LogP contribution < -0.4 is 0 Å². The molecule has 1 fully saturated rings. The second-order valence-electron chi connectivity index (χ2n) is 6.79. The van der Waals surface area contributed by atoms with E-state index in [1.807, 2.05) is 60.8 Å². The molecule has 0 radical (unpaired) electrons.